The number of rotatable bonds is 14. The molecule has 0 aromatic rings. The Morgan fingerprint density at radius 2 is 1.70 bits per heavy atom. The molecule has 0 aromatic carbocycles. The van der Waals surface area contributed by atoms with E-state index in [0.29, 0.717) is 18.1 Å². The van der Waals surface area contributed by atoms with Crippen molar-refractivity contribution < 1.29 is 19.0 Å². The van der Waals surface area contributed by atoms with Gasteiger partial charge in [-0.2, -0.15) is 0 Å². The Morgan fingerprint density at radius 3 is 2.22 bits per heavy atom. The van der Waals surface area contributed by atoms with Gasteiger partial charge in [0.1, 0.15) is 0 Å². The molecule has 0 aliphatic heterocycles. The summed E-state index contributed by atoms with van der Waals surface area (Å²) >= 11 is 0. The number of ether oxygens (including phenoxy) is 3. The number of carbonyl (C=O) groups excluding carboxylic acids is 1. The van der Waals surface area contributed by atoms with Gasteiger partial charge in [0, 0.05) is 32.6 Å². The van der Waals surface area contributed by atoms with Gasteiger partial charge in [-0.15, -0.1) is 0 Å². The van der Waals surface area contributed by atoms with Crippen LogP contribution in [0.5, 0.6) is 0 Å². The smallest absolute Gasteiger partial charge is 0.333 e. The molecule has 0 heterocycles. The van der Waals surface area contributed by atoms with Crippen molar-refractivity contribution >= 4 is 5.97 Å². The Bertz CT molecular complexity index is 334. The number of hydrogen-bond donors (Lipinski definition) is 0. The van der Waals surface area contributed by atoms with E-state index in [0.717, 1.165) is 38.5 Å². The SMILES string of the molecule is C=C(C)C(=O)OCCC(C)CCCC(CCCCC)(OC)OC. The summed E-state index contributed by atoms with van der Waals surface area (Å²) in [6.45, 7) is 10.1. The van der Waals surface area contributed by atoms with Crippen LogP contribution in [-0.2, 0) is 19.0 Å². The van der Waals surface area contributed by atoms with Crippen LogP contribution < -0.4 is 0 Å². The maximum absolute atomic E-state index is 11.3. The summed E-state index contributed by atoms with van der Waals surface area (Å²) in [6.07, 6.45) is 8.38. The second-order valence-electron chi connectivity index (χ2n) is 6.48. The lowest BCUT2D eigenvalue weighted by molar-refractivity contribution is -0.216. The number of esters is 1. The zero-order valence-corrected chi connectivity index (χ0v) is 15.8. The van der Waals surface area contributed by atoms with Crippen LogP contribution in [0.3, 0.4) is 0 Å². The zero-order valence-electron chi connectivity index (χ0n) is 15.8. The highest BCUT2D eigenvalue weighted by Gasteiger charge is 2.28. The molecule has 0 aromatic heterocycles. The Hall–Kier alpha value is -0.870. The fraction of sp³-hybridized carbons (Fsp3) is 0.842. The lowest BCUT2D eigenvalue weighted by Gasteiger charge is -2.31. The highest BCUT2D eigenvalue weighted by molar-refractivity contribution is 5.86. The van der Waals surface area contributed by atoms with E-state index in [1.807, 2.05) is 0 Å². The van der Waals surface area contributed by atoms with Gasteiger partial charge in [0.15, 0.2) is 5.79 Å². The van der Waals surface area contributed by atoms with Gasteiger partial charge in [0.05, 0.1) is 6.61 Å². The molecule has 4 heteroatoms. The molecule has 0 aliphatic carbocycles. The molecule has 0 saturated heterocycles. The van der Waals surface area contributed by atoms with Crippen LogP contribution in [0.15, 0.2) is 12.2 Å². The van der Waals surface area contributed by atoms with Crippen LogP contribution in [0, 0.1) is 5.92 Å². The third-order valence-corrected chi connectivity index (χ3v) is 4.35. The number of methoxy groups -OCH3 is 2. The molecule has 0 amide bonds. The minimum absolute atomic E-state index is 0.300. The molecular formula is C19H36O4. The molecule has 1 atom stereocenters. The number of hydrogen-bond acceptors (Lipinski definition) is 4. The molecule has 0 rings (SSSR count). The first kappa shape index (κ1) is 22.1. The van der Waals surface area contributed by atoms with Crippen molar-refractivity contribution in [3.8, 4) is 0 Å². The highest BCUT2D eigenvalue weighted by Crippen LogP contribution is 2.27. The van der Waals surface area contributed by atoms with Gasteiger partial charge in [-0.25, -0.2) is 4.79 Å². The molecule has 0 saturated carbocycles. The molecule has 136 valence electrons. The summed E-state index contributed by atoms with van der Waals surface area (Å²) in [4.78, 5) is 11.3. The molecule has 1 unspecified atom stereocenters. The van der Waals surface area contributed by atoms with Gasteiger partial charge < -0.3 is 14.2 Å². The summed E-state index contributed by atoms with van der Waals surface area (Å²) in [5.74, 6) is -0.234. The molecule has 4 nitrogen and oxygen atoms in total. The van der Waals surface area contributed by atoms with Crippen molar-refractivity contribution in [2.45, 2.75) is 77.9 Å². The molecule has 23 heavy (non-hydrogen) atoms. The fourth-order valence-electron chi connectivity index (χ4n) is 2.60. The fourth-order valence-corrected chi connectivity index (χ4v) is 2.60. The van der Waals surface area contributed by atoms with E-state index in [9.17, 15) is 4.79 Å². The molecule has 0 fully saturated rings. The molecule has 0 bridgehead atoms. The van der Waals surface area contributed by atoms with E-state index < -0.39 is 5.79 Å². The summed E-state index contributed by atoms with van der Waals surface area (Å²) in [5, 5.41) is 0. The molecule has 0 spiro atoms. The third kappa shape index (κ3) is 9.77. The quantitative estimate of drug-likeness (QED) is 0.197. The maximum atomic E-state index is 11.3. The topological polar surface area (TPSA) is 44.8 Å². The van der Waals surface area contributed by atoms with Crippen LogP contribution in [0.2, 0.25) is 0 Å². The Labute approximate surface area is 142 Å². The van der Waals surface area contributed by atoms with Crippen molar-refractivity contribution in [1.29, 1.82) is 0 Å². The van der Waals surface area contributed by atoms with Gasteiger partial charge in [-0.3, -0.25) is 0 Å². The maximum Gasteiger partial charge on any atom is 0.333 e. The van der Waals surface area contributed by atoms with Crippen LogP contribution in [0.25, 0.3) is 0 Å². The van der Waals surface area contributed by atoms with Gasteiger partial charge >= 0.3 is 5.97 Å². The monoisotopic (exact) mass is 328 g/mol. The lowest BCUT2D eigenvalue weighted by atomic mass is 9.96. The second kappa shape index (κ2) is 12.5. The Kier molecular flexibility index (Phi) is 12.1. The normalized spacial score (nSPS) is 12.9. The average Bonchev–Trinajstić information content (AvgIpc) is 2.53. The largest absolute Gasteiger partial charge is 0.462 e. The lowest BCUT2D eigenvalue weighted by Crippen LogP contribution is -2.33. The minimum Gasteiger partial charge on any atom is -0.462 e. The summed E-state index contributed by atoms with van der Waals surface area (Å²) in [5.41, 5.74) is 0.453. The predicted octanol–water partition coefficient (Wildman–Crippen LogP) is 4.87. The first-order chi connectivity index (χ1) is 10.9. The van der Waals surface area contributed by atoms with Gasteiger partial charge in [-0.1, -0.05) is 39.7 Å². The van der Waals surface area contributed by atoms with E-state index in [4.69, 9.17) is 14.2 Å². The van der Waals surface area contributed by atoms with Crippen molar-refractivity contribution in [3.63, 3.8) is 0 Å². The summed E-state index contributed by atoms with van der Waals surface area (Å²) < 4.78 is 16.4. The predicted molar refractivity (Wildman–Crippen MR) is 94.3 cm³/mol. The van der Waals surface area contributed by atoms with Crippen molar-refractivity contribution in [2.75, 3.05) is 20.8 Å². The zero-order chi connectivity index (χ0) is 17.7. The highest BCUT2D eigenvalue weighted by atomic mass is 16.7. The Morgan fingerprint density at radius 1 is 1.09 bits per heavy atom. The van der Waals surface area contributed by atoms with E-state index in [2.05, 4.69) is 20.4 Å². The average molecular weight is 328 g/mol. The summed E-state index contributed by atoms with van der Waals surface area (Å²) in [7, 11) is 3.46. The number of unbranched alkanes of at least 4 members (excludes halogenated alkanes) is 2. The first-order valence-electron chi connectivity index (χ1n) is 8.83. The Balaban J connectivity index is 4.03. The van der Waals surface area contributed by atoms with Crippen molar-refractivity contribution in [3.05, 3.63) is 12.2 Å². The summed E-state index contributed by atoms with van der Waals surface area (Å²) in [6, 6.07) is 0. The molecule has 0 aliphatic rings. The minimum atomic E-state index is -0.443. The van der Waals surface area contributed by atoms with Crippen LogP contribution in [0.1, 0.15) is 72.1 Å². The van der Waals surface area contributed by atoms with Gasteiger partial charge in [-0.05, 0) is 32.1 Å². The first-order valence-corrected chi connectivity index (χ1v) is 8.83. The van der Waals surface area contributed by atoms with Gasteiger partial charge in [0.2, 0.25) is 0 Å². The van der Waals surface area contributed by atoms with E-state index in [-0.39, 0.29) is 5.97 Å². The van der Waals surface area contributed by atoms with Crippen molar-refractivity contribution in [1.82, 2.24) is 0 Å². The number of carbonyl (C=O) groups is 1. The molecule has 0 N–H and O–H groups in total. The van der Waals surface area contributed by atoms with Crippen LogP contribution in [0.4, 0.5) is 0 Å². The van der Waals surface area contributed by atoms with E-state index in [1.165, 1.54) is 12.8 Å². The standard InChI is InChI=1S/C19H36O4/c1-7-8-9-13-19(21-5,22-6)14-10-11-17(4)12-15-23-18(20)16(2)3/h17H,2,7-15H2,1,3-6H3. The molecular weight excluding hydrogens is 292 g/mol. The van der Waals surface area contributed by atoms with Crippen molar-refractivity contribution in [2.24, 2.45) is 5.92 Å². The third-order valence-electron chi connectivity index (χ3n) is 4.35. The van der Waals surface area contributed by atoms with Crippen LogP contribution >= 0.6 is 0 Å². The van der Waals surface area contributed by atoms with Crippen LogP contribution in [-0.4, -0.2) is 32.6 Å². The molecule has 0 radical (unpaired) electrons. The van der Waals surface area contributed by atoms with E-state index in [1.54, 1.807) is 21.1 Å². The second-order valence-corrected chi connectivity index (χ2v) is 6.48. The van der Waals surface area contributed by atoms with E-state index >= 15 is 0 Å². The van der Waals surface area contributed by atoms with Gasteiger partial charge in [0.25, 0.3) is 0 Å².